The smallest absolute Gasteiger partial charge is 0.286 e. The Bertz CT molecular complexity index is 1040. The minimum absolute atomic E-state index is 0.109. The third kappa shape index (κ3) is 3.52. The molecule has 8 heteroatoms. The van der Waals surface area contributed by atoms with Crippen LogP contribution >= 0.6 is 0 Å². The van der Waals surface area contributed by atoms with Gasteiger partial charge in [0.05, 0.1) is 18.4 Å². The van der Waals surface area contributed by atoms with Crippen LogP contribution in [0.15, 0.2) is 48.7 Å². The number of hydrogen-bond acceptors (Lipinski definition) is 6. The standard InChI is InChI=1S/C20H16N5O3/c21-17(26)18-23-11-13-8-10-25(12-16(13)24-18)20(27)15-7-4-9-22-19(15)28-14-5-2-1-3-6-14/h1-7,9H,8,10,12H2,(H2,21,26). The highest BCUT2D eigenvalue weighted by Crippen LogP contribution is 2.25. The van der Waals surface area contributed by atoms with Gasteiger partial charge in [-0.3, -0.25) is 9.59 Å². The van der Waals surface area contributed by atoms with E-state index >= 15 is 0 Å². The second-order valence-corrected chi connectivity index (χ2v) is 6.20. The minimum atomic E-state index is -0.728. The molecule has 3 heterocycles. The van der Waals surface area contributed by atoms with E-state index in [1.54, 1.807) is 35.4 Å². The first kappa shape index (κ1) is 17.6. The van der Waals surface area contributed by atoms with E-state index in [0.29, 0.717) is 30.0 Å². The molecular weight excluding hydrogens is 358 g/mol. The number of primary amides is 1. The first-order valence-electron chi connectivity index (χ1n) is 8.66. The van der Waals surface area contributed by atoms with Gasteiger partial charge in [-0.2, -0.15) is 0 Å². The molecule has 2 amide bonds. The highest BCUT2D eigenvalue weighted by atomic mass is 16.5. The Morgan fingerprint density at radius 1 is 1.14 bits per heavy atom. The van der Waals surface area contributed by atoms with Crippen molar-refractivity contribution in [2.45, 2.75) is 13.0 Å². The quantitative estimate of drug-likeness (QED) is 0.745. The maximum atomic E-state index is 13.1. The van der Waals surface area contributed by atoms with Crippen molar-refractivity contribution in [2.24, 2.45) is 5.73 Å². The van der Waals surface area contributed by atoms with Gasteiger partial charge in [0.25, 0.3) is 11.8 Å². The molecule has 0 saturated carbocycles. The van der Waals surface area contributed by atoms with Crippen molar-refractivity contribution in [3.05, 3.63) is 77.5 Å². The molecule has 8 nitrogen and oxygen atoms in total. The van der Waals surface area contributed by atoms with Gasteiger partial charge in [0.1, 0.15) is 11.3 Å². The molecular formula is C20H16N5O3. The summed E-state index contributed by atoms with van der Waals surface area (Å²) in [5, 5.41) is 0. The van der Waals surface area contributed by atoms with Gasteiger partial charge in [-0.1, -0.05) is 18.2 Å². The predicted octanol–water partition coefficient (Wildman–Crippen LogP) is 1.76. The SMILES string of the molecule is NC(=O)c1n[c]c2c(n1)CN(C(=O)c1cccnc1Oc1ccccc1)CC2. The Balaban J connectivity index is 1.59. The van der Waals surface area contributed by atoms with E-state index in [9.17, 15) is 9.59 Å². The fourth-order valence-corrected chi connectivity index (χ4v) is 2.93. The molecule has 0 spiro atoms. The zero-order chi connectivity index (χ0) is 19.5. The summed E-state index contributed by atoms with van der Waals surface area (Å²) >= 11 is 0. The summed E-state index contributed by atoms with van der Waals surface area (Å²) in [5.74, 6) is -0.246. The average Bonchev–Trinajstić information content (AvgIpc) is 2.73. The lowest BCUT2D eigenvalue weighted by Crippen LogP contribution is -2.37. The van der Waals surface area contributed by atoms with Crippen molar-refractivity contribution in [1.29, 1.82) is 0 Å². The van der Waals surface area contributed by atoms with Crippen LogP contribution in [0.25, 0.3) is 0 Å². The molecule has 1 aliphatic rings. The highest BCUT2D eigenvalue weighted by molar-refractivity contribution is 5.96. The molecule has 0 aliphatic carbocycles. The van der Waals surface area contributed by atoms with E-state index < -0.39 is 5.91 Å². The Morgan fingerprint density at radius 2 is 1.96 bits per heavy atom. The molecule has 4 rings (SSSR count). The summed E-state index contributed by atoms with van der Waals surface area (Å²) in [6.07, 6.45) is 4.90. The van der Waals surface area contributed by atoms with E-state index in [1.807, 2.05) is 18.2 Å². The normalized spacial score (nSPS) is 12.9. The van der Waals surface area contributed by atoms with Gasteiger partial charge in [-0.05, 0) is 30.7 Å². The number of pyridine rings is 1. The number of aromatic nitrogens is 3. The number of fused-ring (bicyclic) bond motifs is 1. The molecule has 139 valence electrons. The largest absolute Gasteiger partial charge is 0.438 e. The summed E-state index contributed by atoms with van der Waals surface area (Å²) in [6.45, 7) is 0.703. The number of benzene rings is 1. The van der Waals surface area contributed by atoms with Gasteiger partial charge in [0.15, 0.2) is 0 Å². The summed E-state index contributed by atoms with van der Waals surface area (Å²) in [5.41, 5.74) is 6.93. The molecule has 0 bridgehead atoms. The summed E-state index contributed by atoms with van der Waals surface area (Å²) in [6, 6.07) is 12.5. The van der Waals surface area contributed by atoms with E-state index in [-0.39, 0.29) is 24.2 Å². The predicted molar refractivity (Wildman–Crippen MR) is 98.6 cm³/mol. The number of carbonyl (C=O) groups is 2. The lowest BCUT2D eigenvalue weighted by atomic mass is 10.1. The molecule has 2 aromatic heterocycles. The molecule has 1 aromatic carbocycles. The van der Waals surface area contributed by atoms with Crippen molar-refractivity contribution in [2.75, 3.05) is 6.54 Å². The molecule has 0 atom stereocenters. The van der Waals surface area contributed by atoms with Crippen molar-refractivity contribution in [3.63, 3.8) is 0 Å². The highest BCUT2D eigenvalue weighted by Gasteiger charge is 2.26. The van der Waals surface area contributed by atoms with Crippen LogP contribution < -0.4 is 10.5 Å². The number of carbonyl (C=O) groups excluding carboxylic acids is 2. The fourth-order valence-electron chi connectivity index (χ4n) is 2.93. The minimum Gasteiger partial charge on any atom is -0.438 e. The first-order chi connectivity index (χ1) is 13.6. The molecule has 3 aromatic rings. The summed E-state index contributed by atoms with van der Waals surface area (Å²) < 4.78 is 5.79. The summed E-state index contributed by atoms with van der Waals surface area (Å²) in [7, 11) is 0. The van der Waals surface area contributed by atoms with Crippen molar-refractivity contribution in [3.8, 4) is 11.6 Å². The van der Waals surface area contributed by atoms with Gasteiger partial charge in [0.2, 0.25) is 11.7 Å². The zero-order valence-electron chi connectivity index (χ0n) is 14.8. The van der Waals surface area contributed by atoms with Gasteiger partial charge in [0, 0.05) is 18.3 Å². The molecule has 1 aliphatic heterocycles. The molecule has 0 saturated heterocycles. The van der Waals surface area contributed by atoms with Crippen LogP contribution in [0.1, 0.15) is 32.2 Å². The second-order valence-electron chi connectivity index (χ2n) is 6.20. The topological polar surface area (TPSA) is 111 Å². The van der Waals surface area contributed by atoms with Crippen molar-refractivity contribution >= 4 is 11.8 Å². The van der Waals surface area contributed by atoms with Crippen LogP contribution in [0.4, 0.5) is 0 Å². The number of hydrogen-bond donors (Lipinski definition) is 1. The lowest BCUT2D eigenvalue weighted by molar-refractivity contribution is 0.0728. The van der Waals surface area contributed by atoms with Crippen LogP contribution in [0.5, 0.6) is 11.6 Å². The molecule has 0 unspecified atom stereocenters. The van der Waals surface area contributed by atoms with Gasteiger partial charge in [-0.25, -0.2) is 15.0 Å². The van der Waals surface area contributed by atoms with Crippen LogP contribution in [0.2, 0.25) is 0 Å². The Hall–Kier alpha value is -3.81. The van der Waals surface area contributed by atoms with Crippen LogP contribution in [-0.2, 0) is 13.0 Å². The monoisotopic (exact) mass is 374 g/mol. The maximum Gasteiger partial charge on any atom is 0.286 e. The number of rotatable bonds is 4. The number of para-hydroxylation sites is 1. The summed E-state index contributed by atoms with van der Waals surface area (Å²) in [4.78, 5) is 38.3. The van der Waals surface area contributed by atoms with E-state index in [1.165, 1.54) is 0 Å². The molecule has 1 radical (unpaired) electrons. The average molecular weight is 374 g/mol. The first-order valence-corrected chi connectivity index (χ1v) is 8.66. The maximum absolute atomic E-state index is 13.1. The van der Waals surface area contributed by atoms with Gasteiger partial charge < -0.3 is 15.4 Å². The number of nitrogens with zero attached hydrogens (tertiary/aromatic N) is 4. The lowest BCUT2D eigenvalue weighted by Gasteiger charge is -2.28. The Kier molecular flexibility index (Phi) is 4.67. The Labute approximate surface area is 161 Å². The van der Waals surface area contributed by atoms with E-state index in [0.717, 1.165) is 5.56 Å². The van der Waals surface area contributed by atoms with Crippen LogP contribution in [-0.4, -0.2) is 38.2 Å². The number of amides is 2. The molecule has 28 heavy (non-hydrogen) atoms. The van der Waals surface area contributed by atoms with E-state index in [4.69, 9.17) is 10.5 Å². The van der Waals surface area contributed by atoms with Gasteiger partial charge in [-0.15, -0.1) is 0 Å². The van der Waals surface area contributed by atoms with Crippen LogP contribution in [0.3, 0.4) is 0 Å². The van der Waals surface area contributed by atoms with Gasteiger partial charge >= 0.3 is 0 Å². The third-order valence-corrected chi connectivity index (χ3v) is 4.33. The zero-order valence-corrected chi connectivity index (χ0v) is 14.8. The third-order valence-electron chi connectivity index (χ3n) is 4.33. The molecule has 0 fully saturated rings. The number of nitrogens with two attached hydrogens (primary N) is 1. The van der Waals surface area contributed by atoms with Crippen molar-refractivity contribution < 1.29 is 14.3 Å². The van der Waals surface area contributed by atoms with E-state index in [2.05, 4.69) is 21.1 Å². The second kappa shape index (κ2) is 7.43. The van der Waals surface area contributed by atoms with Crippen molar-refractivity contribution in [1.82, 2.24) is 19.9 Å². The fraction of sp³-hybridized carbons (Fsp3) is 0.150. The number of ether oxygens (including phenoxy) is 1. The molecule has 2 N–H and O–H groups in total. The Morgan fingerprint density at radius 3 is 2.75 bits per heavy atom. The van der Waals surface area contributed by atoms with Crippen LogP contribution in [0, 0.1) is 6.20 Å².